The number of benzene rings is 3. The molecular formula is C32H24ClF3N6O4. The lowest BCUT2D eigenvalue weighted by molar-refractivity contribution is 0.0697. The molecule has 0 saturated heterocycles. The van der Waals surface area contributed by atoms with Crippen LogP contribution in [-0.2, 0) is 24.3 Å². The second-order valence-corrected chi connectivity index (χ2v) is 10.6. The van der Waals surface area contributed by atoms with Gasteiger partial charge in [0.25, 0.3) is 0 Å². The van der Waals surface area contributed by atoms with Gasteiger partial charge in [0.15, 0.2) is 11.6 Å². The maximum Gasteiger partial charge on any atom is 0.335 e. The van der Waals surface area contributed by atoms with Crippen LogP contribution in [0.3, 0.4) is 0 Å². The van der Waals surface area contributed by atoms with Crippen LogP contribution < -0.4 is 4.74 Å². The normalized spacial score (nSPS) is 11.3. The van der Waals surface area contributed by atoms with E-state index in [9.17, 15) is 9.90 Å². The van der Waals surface area contributed by atoms with Crippen LogP contribution in [0.2, 0.25) is 5.02 Å². The number of fused-ring (bicyclic) bond motifs is 1. The zero-order valence-electron chi connectivity index (χ0n) is 24.1. The second-order valence-electron chi connectivity index (χ2n) is 10.1. The topological polar surface area (TPSA) is 117 Å². The number of methoxy groups -OCH3 is 1. The molecule has 0 radical (unpaired) electrons. The van der Waals surface area contributed by atoms with Crippen molar-refractivity contribution in [3.8, 4) is 22.8 Å². The highest BCUT2D eigenvalue weighted by Gasteiger charge is 2.23. The standard InChI is InChI=1S/C32H24ClF3N6O4/c1-45-12-11-41-27-13-18(32(43)44)6-8-26(27)38-28(41)16-21-24(34)15-22(31(36)30(21)35)25-3-2-4-29(39-25)46-17-19-5-7-20(14-23(19)33)42-10-9-37-40-42/h2-10,13-15H,11-12,16-17H2,1H3,(H,43,44). The van der Waals surface area contributed by atoms with Gasteiger partial charge >= 0.3 is 5.97 Å². The fraction of sp³-hybridized carbons (Fsp3) is 0.156. The Morgan fingerprint density at radius 2 is 1.87 bits per heavy atom. The van der Waals surface area contributed by atoms with E-state index >= 15 is 13.2 Å². The first kappa shape index (κ1) is 30.7. The molecule has 6 rings (SSSR count). The minimum Gasteiger partial charge on any atom is -0.478 e. The molecule has 46 heavy (non-hydrogen) atoms. The fourth-order valence-corrected chi connectivity index (χ4v) is 5.18. The Morgan fingerprint density at radius 1 is 1.02 bits per heavy atom. The Balaban J connectivity index is 1.26. The molecule has 3 aromatic carbocycles. The predicted octanol–water partition coefficient (Wildman–Crippen LogP) is 6.26. The fourth-order valence-electron chi connectivity index (χ4n) is 4.95. The lowest BCUT2D eigenvalue weighted by Crippen LogP contribution is -2.11. The third-order valence-electron chi connectivity index (χ3n) is 7.28. The third-order valence-corrected chi connectivity index (χ3v) is 7.63. The molecule has 6 aromatic rings. The van der Waals surface area contributed by atoms with Gasteiger partial charge < -0.3 is 19.1 Å². The van der Waals surface area contributed by atoms with E-state index in [2.05, 4.69) is 20.3 Å². The highest BCUT2D eigenvalue weighted by atomic mass is 35.5. The van der Waals surface area contributed by atoms with Crippen LogP contribution >= 0.6 is 11.6 Å². The second kappa shape index (κ2) is 13.0. The van der Waals surface area contributed by atoms with Crippen molar-refractivity contribution in [2.45, 2.75) is 19.6 Å². The highest BCUT2D eigenvalue weighted by molar-refractivity contribution is 6.31. The minimum atomic E-state index is -1.39. The molecule has 0 spiro atoms. The Morgan fingerprint density at radius 3 is 2.61 bits per heavy atom. The molecule has 3 aromatic heterocycles. The number of hydrogen-bond acceptors (Lipinski definition) is 7. The number of rotatable bonds is 11. The number of aromatic nitrogens is 6. The molecule has 1 N–H and O–H groups in total. The van der Waals surface area contributed by atoms with Gasteiger partial charge in [0.1, 0.15) is 18.2 Å². The third kappa shape index (κ3) is 6.14. The summed E-state index contributed by atoms with van der Waals surface area (Å²) in [7, 11) is 1.48. The Kier molecular flexibility index (Phi) is 8.68. The van der Waals surface area contributed by atoms with Gasteiger partial charge in [-0.05, 0) is 42.5 Å². The van der Waals surface area contributed by atoms with Gasteiger partial charge in [-0.3, -0.25) is 0 Å². The number of halogens is 4. The van der Waals surface area contributed by atoms with Crippen LogP contribution in [0, 0.1) is 17.5 Å². The molecule has 0 aliphatic carbocycles. The molecule has 0 atom stereocenters. The SMILES string of the molecule is COCCn1c(Cc2c(F)cc(-c3cccc(OCc4ccc(-n5ccnn5)cc4Cl)n3)c(F)c2F)nc2ccc(C(=O)O)cc21. The van der Waals surface area contributed by atoms with Gasteiger partial charge in [-0.15, -0.1) is 5.10 Å². The van der Waals surface area contributed by atoms with Crippen LogP contribution in [-0.4, -0.2) is 54.3 Å². The van der Waals surface area contributed by atoms with Crippen LogP contribution in [0.1, 0.15) is 27.3 Å². The number of aromatic carboxylic acids is 1. The average molecular weight is 649 g/mol. The number of pyridine rings is 1. The number of nitrogens with zero attached hydrogens (tertiary/aromatic N) is 6. The monoisotopic (exact) mass is 648 g/mol. The molecule has 14 heteroatoms. The van der Waals surface area contributed by atoms with Gasteiger partial charge in [0.05, 0.1) is 47.0 Å². The first-order valence-electron chi connectivity index (χ1n) is 13.9. The Labute approximate surface area is 264 Å². The zero-order chi connectivity index (χ0) is 32.4. The summed E-state index contributed by atoms with van der Waals surface area (Å²) in [5.41, 5.74) is 1.26. The van der Waals surface area contributed by atoms with Crippen molar-refractivity contribution < 1.29 is 32.5 Å². The van der Waals surface area contributed by atoms with E-state index in [1.807, 2.05) is 0 Å². The molecule has 0 fully saturated rings. The van der Waals surface area contributed by atoms with E-state index in [-0.39, 0.29) is 42.7 Å². The van der Waals surface area contributed by atoms with Crippen LogP contribution in [0.15, 0.2) is 73.1 Å². The molecule has 0 amide bonds. The molecular weight excluding hydrogens is 625 g/mol. The lowest BCUT2D eigenvalue weighted by atomic mass is 10.0. The summed E-state index contributed by atoms with van der Waals surface area (Å²) in [4.78, 5) is 20.2. The number of carboxylic acids is 1. The van der Waals surface area contributed by atoms with Crippen LogP contribution in [0.5, 0.6) is 5.88 Å². The largest absolute Gasteiger partial charge is 0.478 e. The lowest BCUT2D eigenvalue weighted by Gasteiger charge is -2.13. The molecule has 0 unspecified atom stereocenters. The smallest absolute Gasteiger partial charge is 0.335 e. The number of carbonyl (C=O) groups is 1. The Hall–Kier alpha value is -5.27. The Bertz CT molecular complexity index is 2070. The molecule has 0 aliphatic heterocycles. The number of hydrogen-bond donors (Lipinski definition) is 1. The van der Waals surface area contributed by atoms with E-state index in [1.165, 1.54) is 43.5 Å². The maximum atomic E-state index is 15.5. The van der Waals surface area contributed by atoms with Crippen molar-refractivity contribution in [2.75, 3.05) is 13.7 Å². The van der Waals surface area contributed by atoms with Crippen LogP contribution in [0.4, 0.5) is 13.2 Å². The number of imidazole rings is 1. The van der Waals surface area contributed by atoms with Gasteiger partial charge in [0, 0.05) is 47.9 Å². The van der Waals surface area contributed by atoms with Crippen molar-refractivity contribution in [2.24, 2.45) is 0 Å². The van der Waals surface area contributed by atoms with Crippen molar-refractivity contribution >= 4 is 28.6 Å². The summed E-state index contributed by atoms with van der Waals surface area (Å²) in [6.07, 6.45) is 2.81. The van der Waals surface area contributed by atoms with E-state index < -0.39 is 41.0 Å². The van der Waals surface area contributed by atoms with Crippen molar-refractivity contribution in [3.05, 3.63) is 118 Å². The molecule has 234 valence electrons. The van der Waals surface area contributed by atoms with Crippen LogP contribution in [0.25, 0.3) is 28.0 Å². The van der Waals surface area contributed by atoms with Gasteiger partial charge in [-0.1, -0.05) is 28.9 Å². The predicted molar refractivity (Wildman–Crippen MR) is 162 cm³/mol. The summed E-state index contributed by atoms with van der Waals surface area (Å²) in [6.45, 7) is 0.469. The summed E-state index contributed by atoms with van der Waals surface area (Å²) in [5.74, 6) is -4.52. The van der Waals surface area contributed by atoms with E-state index in [4.69, 9.17) is 21.1 Å². The maximum absolute atomic E-state index is 15.5. The highest BCUT2D eigenvalue weighted by Crippen LogP contribution is 2.31. The van der Waals surface area contributed by atoms with E-state index in [1.54, 1.807) is 39.8 Å². The quantitative estimate of drug-likeness (QED) is 0.164. The molecule has 0 aliphatic rings. The number of ether oxygens (including phenoxy) is 2. The average Bonchev–Trinajstić information content (AvgIpc) is 3.71. The molecule has 0 saturated carbocycles. The van der Waals surface area contributed by atoms with E-state index in [0.29, 0.717) is 27.3 Å². The van der Waals surface area contributed by atoms with Gasteiger partial charge in [-0.2, -0.15) is 0 Å². The number of carboxylic acid groups (broad SMARTS) is 1. The molecule has 3 heterocycles. The van der Waals surface area contributed by atoms with Crippen molar-refractivity contribution in [3.63, 3.8) is 0 Å². The first-order chi connectivity index (χ1) is 22.2. The summed E-state index contributed by atoms with van der Waals surface area (Å²) in [6, 6.07) is 14.9. The van der Waals surface area contributed by atoms with Crippen molar-refractivity contribution in [1.29, 1.82) is 0 Å². The molecule has 10 nitrogen and oxygen atoms in total. The zero-order valence-corrected chi connectivity index (χ0v) is 24.9. The van der Waals surface area contributed by atoms with Crippen molar-refractivity contribution in [1.82, 2.24) is 29.5 Å². The minimum absolute atomic E-state index is 0.0215. The summed E-state index contributed by atoms with van der Waals surface area (Å²) < 4.78 is 60.6. The van der Waals surface area contributed by atoms with Gasteiger partial charge in [0.2, 0.25) is 5.88 Å². The molecule has 0 bridgehead atoms. The summed E-state index contributed by atoms with van der Waals surface area (Å²) >= 11 is 6.41. The summed E-state index contributed by atoms with van der Waals surface area (Å²) in [5, 5.41) is 17.5. The first-order valence-corrected chi connectivity index (χ1v) is 14.2. The van der Waals surface area contributed by atoms with E-state index in [0.717, 1.165) is 6.07 Å². The van der Waals surface area contributed by atoms with Gasteiger partial charge in [-0.25, -0.2) is 32.6 Å².